The summed E-state index contributed by atoms with van der Waals surface area (Å²) >= 11 is 0. The van der Waals surface area contributed by atoms with Crippen LogP contribution in [0.2, 0.25) is 0 Å². The highest BCUT2D eigenvalue weighted by Gasteiger charge is 2.45. The largest absolute Gasteiger partial charge is 0.371 e. The number of nitrogens with zero attached hydrogens (tertiary/aromatic N) is 7. The van der Waals surface area contributed by atoms with Gasteiger partial charge in [-0.1, -0.05) is 12.1 Å². The average Bonchev–Trinajstić information content (AvgIpc) is 3.73. The number of carbonyl (C=O) groups is 5. The highest BCUT2D eigenvalue weighted by molar-refractivity contribution is 6.23. The summed E-state index contributed by atoms with van der Waals surface area (Å²) in [5.74, 6) is -1.06. The summed E-state index contributed by atoms with van der Waals surface area (Å²) in [6.07, 6.45) is 5.25. The molecule has 6 heterocycles. The highest BCUT2D eigenvalue weighted by Crippen LogP contribution is 2.34. The molecule has 2 aromatic carbocycles. The van der Waals surface area contributed by atoms with Gasteiger partial charge >= 0.3 is 0 Å². The summed E-state index contributed by atoms with van der Waals surface area (Å²) in [6, 6.07) is 12.7. The van der Waals surface area contributed by atoms with Crippen LogP contribution < -0.4 is 31.9 Å². The Kier molecular flexibility index (Phi) is 9.70. The molecule has 0 saturated carbocycles. The van der Waals surface area contributed by atoms with E-state index in [2.05, 4.69) is 47.7 Å². The van der Waals surface area contributed by atoms with E-state index in [0.717, 1.165) is 87.6 Å². The van der Waals surface area contributed by atoms with Crippen LogP contribution in [0.5, 0.6) is 0 Å². The van der Waals surface area contributed by atoms with E-state index in [-0.39, 0.29) is 30.4 Å². The quantitative estimate of drug-likeness (QED) is 0.231. The van der Waals surface area contributed by atoms with E-state index in [1.54, 1.807) is 12.1 Å². The summed E-state index contributed by atoms with van der Waals surface area (Å²) in [5, 5.41) is 13.7. The summed E-state index contributed by atoms with van der Waals surface area (Å²) < 4.78 is 0. The molecule has 0 spiro atoms. The molecule has 8 rings (SSSR count). The Bertz CT molecular complexity index is 1980. The Labute approximate surface area is 312 Å². The van der Waals surface area contributed by atoms with Crippen molar-refractivity contribution in [1.82, 2.24) is 30.3 Å². The highest BCUT2D eigenvalue weighted by atomic mass is 16.2. The molecule has 2 unspecified atom stereocenters. The Morgan fingerprint density at radius 1 is 0.852 bits per heavy atom. The molecule has 6 N–H and O–H groups in total. The lowest BCUT2D eigenvalue weighted by atomic mass is 9.89. The first-order valence-corrected chi connectivity index (χ1v) is 18.9. The topological polar surface area (TPSA) is 213 Å². The van der Waals surface area contributed by atoms with Crippen molar-refractivity contribution in [1.29, 1.82) is 0 Å². The predicted molar refractivity (Wildman–Crippen MR) is 199 cm³/mol. The standard InChI is InChI=1S/C38H45N11O5/c39-25-2-1-14-48(21-25)38-43-34(32(33(40)51)44-45-38)41-26-5-3-23(4-6-26)24-12-15-46(16-13-24)19-22-11-17-47(20-22)27-7-8-28-29(18-27)37(54)49(36(28)53)30-9-10-31(50)42-35(30)52/h3-8,18,22,24-25,30H,1-2,9-17,19-21,39H2,(H2,40,51)(H,41,43,45)(H,42,50,52)/t22?,25-,30?/m1/s1. The molecule has 0 radical (unpaired) electrons. The van der Waals surface area contributed by atoms with Gasteiger partial charge in [-0.2, -0.15) is 4.98 Å². The molecule has 4 fully saturated rings. The number of imide groups is 2. The van der Waals surface area contributed by atoms with Gasteiger partial charge in [0.25, 0.3) is 17.7 Å². The number of nitrogens with one attached hydrogen (secondary N) is 2. The van der Waals surface area contributed by atoms with Gasteiger partial charge in [0.15, 0.2) is 11.5 Å². The van der Waals surface area contributed by atoms with Gasteiger partial charge in [-0.25, -0.2) is 0 Å². The second-order valence-electron chi connectivity index (χ2n) is 15.1. The van der Waals surface area contributed by atoms with Crippen LogP contribution in [0.3, 0.4) is 0 Å². The van der Waals surface area contributed by atoms with E-state index < -0.39 is 35.6 Å². The monoisotopic (exact) mass is 735 g/mol. The lowest BCUT2D eigenvalue weighted by Gasteiger charge is -2.34. The third kappa shape index (κ3) is 7.10. The number of piperidine rings is 3. The van der Waals surface area contributed by atoms with Gasteiger partial charge in [-0.05, 0) is 99.3 Å². The van der Waals surface area contributed by atoms with E-state index >= 15 is 0 Å². The number of likely N-dealkylation sites (tertiary alicyclic amines) is 1. The van der Waals surface area contributed by atoms with Gasteiger partial charge in [0.05, 0.1) is 11.1 Å². The van der Waals surface area contributed by atoms with Crippen LogP contribution in [0.15, 0.2) is 42.5 Å². The molecule has 3 aromatic rings. The van der Waals surface area contributed by atoms with Crippen molar-refractivity contribution in [3.63, 3.8) is 0 Å². The summed E-state index contributed by atoms with van der Waals surface area (Å²) in [6.45, 7) is 6.13. The normalized spacial score (nSPS) is 23.9. The molecule has 16 heteroatoms. The number of hydrogen-bond acceptors (Lipinski definition) is 13. The van der Waals surface area contributed by atoms with Gasteiger partial charge < -0.3 is 31.5 Å². The number of anilines is 4. The van der Waals surface area contributed by atoms with Crippen LogP contribution in [0.4, 0.5) is 23.1 Å². The predicted octanol–water partition coefficient (Wildman–Crippen LogP) is 1.75. The first kappa shape index (κ1) is 35.5. The van der Waals surface area contributed by atoms with Crippen LogP contribution in [0.25, 0.3) is 0 Å². The number of carbonyl (C=O) groups excluding carboxylic acids is 5. The minimum absolute atomic E-state index is 0.0147. The molecule has 0 bridgehead atoms. The molecular formula is C38H45N11O5. The smallest absolute Gasteiger partial charge is 0.273 e. The summed E-state index contributed by atoms with van der Waals surface area (Å²) in [5.41, 5.74) is 15.3. The lowest BCUT2D eigenvalue weighted by Crippen LogP contribution is -2.54. The molecule has 4 saturated heterocycles. The second-order valence-corrected chi connectivity index (χ2v) is 15.1. The van der Waals surface area contributed by atoms with Crippen molar-refractivity contribution in [3.8, 4) is 0 Å². The van der Waals surface area contributed by atoms with Gasteiger partial charge in [-0.15, -0.1) is 10.2 Å². The molecule has 5 amide bonds. The van der Waals surface area contributed by atoms with Crippen LogP contribution in [-0.2, 0) is 9.59 Å². The number of amides is 5. The minimum Gasteiger partial charge on any atom is -0.371 e. The lowest BCUT2D eigenvalue weighted by molar-refractivity contribution is -0.136. The molecule has 5 aliphatic heterocycles. The zero-order valence-corrected chi connectivity index (χ0v) is 30.1. The second kappa shape index (κ2) is 14.7. The first-order chi connectivity index (χ1) is 26.1. The van der Waals surface area contributed by atoms with E-state index in [1.165, 1.54) is 5.56 Å². The summed E-state index contributed by atoms with van der Waals surface area (Å²) in [4.78, 5) is 75.0. The number of nitrogens with two attached hydrogens (primary N) is 2. The van der Waals surface area contributed by atoms with Crippen LogP contribution in [-0.4, -0.2) is 112 Å². The number of aromatic nitrogens is 3. The third-order valence-electron chi connectivity index (χ3n) is 11.5. The summed E-state index contributed by atoms with van der Waals surface area (Å²) in [7, 11) is 0. The fraction of sp³-hybridized carbons (Fsp3) is 0.474. The molecule has 0 aliphatic carbocycles. The first-order valence-electron chi connectivity index (χ1n) is 18.9. The Balaban J connectivity index is 0.835. The van der Waals surface area contributed by atoms with Gasteiger partial charge in [0.2, 0.25) is 17.8 Å². The molecule has 54 heavy (non-hydrogen) atoms. The molecule has 3 atom stereocenters. The number of benzene rings is 2. The Morgan fingerprint density at radius 3 is 2.37 bits per heavy atom. The van der Waals surface area contributed by atoms with Crippen molar-refractivity contribution in [2.24, 2.45) is 17.4 Å². The van der Waals surface area contributed by atoms with Gasteiger partial charge in [-0.3, -0.25) is 34.2 Å². The van der Waals surface area contributed by atoms with Gasteiger partial charge in [0, 0.05) is 56.6 Å². The van der Waals surface area contributed by atoms with Crippen molar-refractivity contribution in [2.75, 3.05) is 60.9 Å². The Morgan fingerprint density at radius 2 is 1.63 bits per heavy atom. The fourth-order valence-electron chi connectivity index (χ4n) is 8.56. The zero-order chi connectivity index (χ0) is 37.5. The molecular weight excluding hydrogens is 690 g/mol. The number of fused-ring (bicyclic) bond motifs is 1. The molecule has 16 nitrogen and oxygen atoms in total. The maximum Gasteiger partial charge on any atom is 0.273 e. The zero-order valence-electron chi connectivity index (χ0n) is 30.1. The fourth-order valence-corrected chi connectivity index (χ4v) is 8.56. The van der Waals surface area contributed by atoms with E-state index in [1.807, 2.05) is 23.1 Å². The molecule has 282 valence electrons. The minimum atomic E-state index is -0.972. The number of primary amides is 1. The van der Waals surface area contributed by atoms with Crippen molar-refractivity contribution in [2.45, 2.75) is 62.9 Å². The van der Waals surface area contributed by atoms with E-state index in [0.29, 0.717) is 35.5 Å². The molecule has 5 aliphatic rings. The van der Waals surface area contributed by atoms with Crippen LogP contribution in [0.1, 0.15) is 87.6 Å². The van der Waals surface area contributed by atoms with Crippen molar-refractivity contribution < 1.29 is 24.0 Å². The Hall–Kier alpha value is -5.48. The molecule has 1 aromatic heterocycles. The number of rotatable bonds is 9. The van der Waals surface area contributed by atoms with Gasteiger partial charge in [0.1, 0.15) is 6.04 Å². The SMILES string of the molecule is NC(=O)c1nnc(N2CCC[C@@H](N)C2)nc1Nc1ccc(C2CCN(CC3CCN(c4ccc5c(c4)C(=O)N(C4CCC(=O)NC4=O)C5=O)C3)CC2)cc1. The van der Waals surface area contributed by atoms with E-state index in [4.69, 9.17) is 11.5 Å². The maximum atomic E-state index is 13.3. The van der Waals surface area contributed by atoms with Crippen LogP contribution in [0, 0.1) is 5.92 Å². The van der Waals surface area contributed by atoms with Crippen molar-refractivity contribution >= 4 is 52.7 Å². The van der Waals surface area contributed by atoms with E-state index in [9.17, 15) is 24.0 Å². The third-order valence-corrected chi connectivity index (χ3v) is 11.5. The maximum absolute atomic E-state index is 13.3. The van der Waals surface area contributed by atoms with Crippen LogP contribution >= 0.6 is 0 Å². The number of hydrogen-bond donors (Lipinski definition) is 4. The average molecular weight is 736 g/mol. The van der Waals surface area contributed by atoms with Crippen molar-refractivity contribution in [3.05, 3.63) is 64.8 Å².